The fourth-order valence-corrected chi connectivity index (χ4v) is 2.77. The Bertz CT molecular complexity index is 293. The highest BCUT2D eigenvalue weighted by Gasteiger charge is 2.47. The number of hydrogen-bond donors (Lipinski definition) is 0. The highest BCUT2D eigenvalue weighted by molar-refractivity contribution is 5.76. The lowest BCUT2D eigenvalue weighted by atomic mass is 9.81. The summed E-state index contributed by atoms with van der Waals surface area (Å²) in [6.45, 7) is 1.96. The normalized spacial score (nSPS) is 41.8. The van der Waals surface area contributed by atoms with Crippen LogP contribution in [0.25, 0.3) is 0 Å². The van der Waals surface area contributed by atoms with Crippen LogP contribution in [0, 0.1) is 23.7 Å². The molecule has 0 N–H and O–H groups in total. The molecule has 2 aliphatic carbocycles. The third-order valence-corrected chi connectivity index (χ3v) is 3.36. The molecular formula is C10H11O3-. The van der Waals surface area contributed by atoms with Crippen LogP contribution in [0.4, 0.5) is 0 Å². The summed E-state index contributed by atoms with van der Waals surface area (Å²) in [5.74, 6) is -1.81. The molecule has 1 fully saturated rings. The standard InChI is InChI=1S/C10H12O3/c1-5-2-6-3-7(5)8(4-11)9(6)10(12)13/h2,4,6-9H,3H2,1H3,(H,12,13)/p-1. The predicted octanol–water partition coefficient (Wildman–Crippen LogP) is -0.236. The van der Waals surface area contributed by atoms with Crippen molar-refractivity contribution in [2.75, 3.05) is 0 Å². The van der Waals surface area contributed by atoms with E-state index in [0.717, 1.165) is 12.7 Å². The van der Waals surface area contributed by atoms with Crippen molar-refractivity contribution >= 4 is 12.3 Å². The molecule has 2 bridgehead atoms. The molecule has 70 valence electrons. The molecule has 0 aliphatic heterocycles. The Kier molecular flexibility index (Phi) is 1.75. The fourth-order valence-electron chi connectivity index (χ4n) is 2.77. The van der Waals surface area contributed by atoms with E-state index in [1.165, 1.54) is 5.57 Å². The van der Waals surface area contributed by atoms with Crippen molar-refractivity contribution in [1.82, 2.24) is 0 Å². The van der Waals surface area contributed by atoms with Gasteiger partial charge in [-0.2, -0.15) is 0 Å². The first-order valence-corrected chi connectivity index (χ1v) is 4.49. The molecule has 1 saturated carbocycles. The van der Waals surface area contributed by atoms with Crippen molar-refractivity contribution in [2.45, 2.75) is 13.3 Å². The molecule has 0 radical (unpaired) electrons. The van der Waals surface area contributed by atoms with Gasteiger partial charge in [-0.3, -0.25) is 0 Å². The predicted molar refractivity (Wildman–Crippen MR) is 43.4 cm³/mol. The summed E-state index contributed by atoms with van der Waals surface area (Å²) in [6, 6.07) is 0. The maximum absolute atomic E-state index is 10.8. The number of rotatable bonds is 2. The van der Waals surface area contributed by atoms with Crippen molar-refractivity contribution < 1.29 is 14.7 Å². The van der Waals surface area contributed by atoms with Crippen LogP contribution < -0.4 is 5.11 Å². The van der Waals surface area contributed by atoms with Gasteiger partial charge < -0.3 is 14.7 Å². The van der Waals surface area contributed by atoms with Crippen LogP contribution in [0.3, 0.4) is 0 Å². The molecule has 3 heteroatoms. The summed E-state index contributed by atoms with van der Waals surface area (Å²) >= 11 is 0. The Hall–Kier alpha value is -1.12. The van der Waals surface area contributed by atoms with Crippen molar-refractivity contribution in [3.8, 4) is 0 Å². The van der Waals surface area contributed by atoms with Gasteiger partial charge in [0.05, 0.1) is 0 Å². The van der Waals surface area contributed by atoms with Crippen LogP contribution in [0.15, 0.2) is 11.6 Å². The first kappa shape index (κ1) is 8.48. The second-order valence-electron chi connectivity index (χ2n) is 3.97. The third-order valence-electron chi connectivity index (χ3n) is 3.36. The second kappa shape index (κ2) is 2.69. The zero-order valence-electron chi connectivity index (χ0n) is 7.40. The minimum atomic E-state index is -1.08. The van der Waals surface area contributed by atoms with E-state index >= 15 is 0 Å². The van der Waals surface area contributed by atoms with Crippen molar-refractivity contribution in [1.29, 1.82) is 0 Å². The van der Waals surface area contributed by atoms with E-state index in [0.29, 0.717) is 0 Å². The summed E-state index contributed by atoms with van der Waals surface area (Å²) < 4.78 is 0. The van der Waals surface area contributed by atoms with Gasteiger partial charge in [-0.15, -0.1) is 0 Å². The van der Waals surface area contributed by atoms with Crippen LogP contribution in [0.1, 0.15) is 13.3 Å². The first-order valence-electron chi connectivity index (χ1n) is 4.49. The monoisotopic (exact) mass is 179 g/mol. The summed E-state index contributed by atoms with van der Waals surface area (Å²) in [5, 5.41) is 10.8. The second-order valence-corrected chi connectivity index (χ2v) is 3.97. The van der Waals surface area contributed by atoms with Crippen LogP contribution in [0.2, 0.25) is 0 Å². The van der Waals surface area contributed by atoms with Crippen molar-refractivity contribution in [3.05, 3.63) is 11.6 Å². The number of allylic oxidation sites excluding steroid dienone is 2. The van der Waals surface area contributed by atoms with Gasteiger partial charge in [0.2, 0.25) is 0 Å². The van der Waals surface area contributed by atoms with Gasteiger partial charge in [-0.25, -0.2) is 0 Å². The van der Waals surface area contributed by atoms with Crippen LogP contribution >= 0.6 is 0 Å². The van der Waals surface area contributed by atoms with Crippen LogP contribution in [-0.2, 0) is 9.59 Å². The zero-order valence-corrected chi connectivity index (χ0v) is 7.40. The average Bonchev–Trinajstić information content (AvgIpc) is 2.58. The molecule has 0 aromatic heterocycles. The Balaban J connectivity index is 2.32. The molecule has 3 nitrogen and oxygen atoms in total. The number of hydrogen-bond acceptors (Lipinski definition) is 3. The largest absolute Gasteiger partial charge is 0.550 e. The highest BCUT2D eigenvalue weighted by Crippen LogP contribution is 2.50. The lowest BCUT2D eigenvalue weighted by Crippen LogP contribution is -2.39. The molecule has 0 heterocycles. The number of aldehydes is 1. The molecule has 2 aliphatic rings. The van der Waals surface area contributed by atoms with E-state index in [4.69, 9.17) is 0 Å². The van der Waals surface area contributed by atoms with Gasteiger partial charge in [0.15, 0.2) is 0 Å². The van der Waals surface area contributed by atoms with Gasteiger partial charge in [0.1, 0.15) is 6.29 Å². The topological polar surface area (TPSA) is 57.2 Å². The Morgan fingerprint density at radius 3 is 2.92 bits per heavy atom. The summed E-state index contributed by atoms with van der Waals surface area (Å²) in [6.07, 6.45) is 3.57. The number of aliphatic carboxylic acids is 1. The molecule has 13 heavy (non-hydrogen) atoms. The fraction of sp³-hybridized carbons (Fsp3) is 0.600. The van der Waals surface area contributed by atoms with E-state index in [9.17, 15) is 14.7 Å². The zero-order chi connectivity index (χ0) is 9.59. The molecular weight excluding hydrogens is 168 g/mol. The van der Waals surface area contributed by atoms with Gasteiger partial charge in [0.25, 0.3) is 0 Å². The minimum Gasteiger partial charge on any atom is -0.550 e. The summed E-state index contributed by atoms with van der Waals surface area (Å²) in [4.78, 5) is 21.5. The SMILES string of the molecule is CC1=CC2CC1C(C=O)C2C(=O)[O-]. The van der Waals surface area contributed by atoms with E-state index in [2.05, 4.69) is 0 Å². The Morgan fingerprint density at radius 2 is 2.38 bits per heavy atom. The quantitative estimate of drug-likeness (QED) is 0.434. The molecule has 0 saturated heterocycles. The van der Waals surface area contributed by atoms with E-state index in [1.807, 2.05) is 13.0 Å². The number of carbonyl (C=O) groups is 2. The maximum Gasteiger partial charge on any atom is 0.124 e. The van der Waals surface area contributed by atoms with Gasteiger partial charge in [0, 0.05) is 17.8 Å². The molecule has 0 amide bonds. The van der Waals surface area contributed by atoms with Gasteiger partial charge in [-0.05, 0) is 25.2 Å². The number of carboxylic acid groups (broad SMARTS) is 1. The lowest BCUT2D eigenvalue weighted by molar-refractivity contribution is -0.313. The van der Waals surface area contributed by atoms with Gasteiger partial charge in [-0.1, -0.05) is 11.6 Å². The van der Waals surface area contributed by atoms with Crippen LogP contribution in [-0.4, -0.2) is 12.3 Å². The molecule has 4 unspecified atom stereocenters. The molecule has 2 rings (SSSR count). The number of fused-ring (bicyclic) bond motifs is 2. The van der Waals surface area contributed by atoms with Crippen molar-refractivity contribution in [2.24, 2.45) is 23.7 Å². The summed E-state index contributed by atoms with van der Waals surface area (Å²) in [7, 11) is 0. The third kappa shape index (κ3) is 1.03. The highest BCUT2D eigenvalue weighted by atomic mass is 16.4. The smallest absolute Gasteiger partial charge is 0.124 e. The number of carbonyl (C=O) groups excluding carboxylic acids is 2. The molecule has 0 aromatic rings. The van der Waals surface area contributed by atoms with Gasteiger partial charge >= 0.3 is 0 Å². The van der Waals surface area contributed by atoms with E-state index < -0.39 is 11.9 Å². The lowest BCUT2D eigenvalue weighted by Gasteiger charge is -2.26. The van der Waals surface area contributed by atoms with E-state index in [1.54, 1.807) is 0 Å². The molecule has 0 spiro atoms. The van der Waals surface area contributed by atoms with E-state index in [-0.39, 0.29) is 17.8 Å². The maximum atomic E-state index is 10.8. The Morgan fingerprint density at radius 1 is 1.69 bits per heavy atom. The number of carboxylic acids is 1. The average molecular weight is 179 g/mol. The minimum absolute atomic E-state index is 0.0326. The molecule has 4 atom stereocenters. The van der Waals surface area contributed by atoms with Crippen LogP contribution in [0.5, 0.6) is 0 Å². The molecule has 0 aromatic carbocycles. The Labute approximate surface area is 76.4 Å². The first-order chi connectivity index (χ1) is 6.15. The van der Waals surface area contributed by atoms with Crippen molar-refractivity contribution in [3.63, 3.8) is 0 Å². The summed E-state index contributed by atoms with van der Waals surface area (Å²) in [5.41, 5.74) is 1.17.